The van der Waals surface area contributed by atoms with Crippen molar-refractivity contribution in [3.05, 3.63) is 35.4 Å². The van der Waals surface area contributed by atoms with Gasteiger partial charge >= 0.3 is 5.97 Å². The van der Waals surface area contributed by atoms with E-state index in [-0.39, 0.29) is 11.8 Å². The predicted octanol–water partition coefficient (Wildman–Crippen LogP) is 2.15. The molecular weight excluding hydrogens is 242 g/mol. The largest absolute Gasteiger partial charge is 0.480 e. The van der Waals surface area contributed by atoms with Crippen molar-refractivity contribution in [1.82, 2.24) is 5.32 Å². The van der Waals surface area contributed by atoms with E-state index in [9.17, 15) is 9.59 Å². The molecule has 1 aromatic carbocycles. The summed E-state index contributed by atoms with van der Waals surface area (Å²) in [5.41, 5.74) is 2.26. The quantitative estimate of drug-likeness (QED) is 0.826. The van der Waals surface area contributed by atoms with Crippen LogP contribution in [0.4, 0.5) is 0 Å². The van der Waals surface area contributed by atoms with Crippen LogP contribution >= 0.6 is 0 Å². The van der Waals surface area contributed by atoms with E-state index in [0.717, 1.165) is 5.56 Å². The number of carboxylic acids is 1. The van der Waals surface area contributed by atoms with Crippen molar-refractivity contribution in [2.75, 3.05) is 0 Å². The van der Waals surface area contributed by atoms with E-state index in [2.05, 4.69) is 5.32 Å². The molecular formula is C15H21NO3. The van der Waals surface area contributed by atoms with E-state index in [1.165, 1.54) is 5.56 Å². The summed E-state index contributed by atoms with van der Waals surface area (Å²) in [5.74, 6) is -1.33. The van der Waals surface area contributed by atoms with E-state index < -0.39 is 12.0 Å². The Balaban J connectivity index is 2.47. The molecule has 1 rings (SSSR count). The number of rotatable bonds is 6. The van der Waals surface area contributed by atoms with Gasteiger partial charge in [0.25, 0.3) is 0 Å². The fourth-order valence-electron chi connectivity index (χ4n) is 1.77. The zero-order valence-electron chi connectivity index (χ0n) is 11.6. The Bertz CT molecular complexity index is 437. The Morgan fingerprint density at radius 1 is 1.21 bits per heavy atom. The monoisotopic (exact) mass is 263 g/mol. The van der Waals surface area contributed by atoms with Crippen LogP contribution in [0.2, 0.25) is 0 Å². The van der Waals surface area contributed by atoms with Crippen molar-refractivity contribution in [3.8, 4) is 0 Å². The standard InChI is InChI=1S/C15H21NO3/c1-10(2)14(15(18)19)16-13(17)9-8-12-6-4-11(3)5-7-12/h4-7,10,14H,8-9H2,1-3H3,(H,16,17)(H,18,19)/t14-/m1/s1. The minimum atomic E-state index is -0.987. The number of carbonyl (C=O) groups excluding carboxylic acids is 1. The molecule has 1 atom stereocenters. The van der Waals surface area contributed by atoms with Crippen LogP contribution in [0.3, 0.4) is 0 Å². The molecule has 0 aromatic heterocycles. The smallest absolute Gasteiger partial charge is 0.326 e. The molecule has 19 heavy (non-hydrogen) atoms. The second-order valence-electron chi connectivity index (χ2n) is 5.11. The Labute approximate surface area is 113 Å². The molecule has 0 aliphatic carbocycles. The summed E-state index contributed by atoms with van der Waals surface area (Å²) in [7, 11) is 0. The maximum atomic E-state index is 11.7. The summed E-state index contributed by atoms with van der Waals surface area (Å²) in [6, 6.07) is 7.16. The van der Waals surface area contributed by atoms with Crippen LogP contribution in [0, 0.1) is 12.8 Å². The van der Waals surface area contributed by atoms with Gasteiger partial charge in [-0.2, -0.15) is 0 Å². The minimum absolute atomic E-state index is 0.124. The third kappa shape index (κ3) is 5.12. The molecule has 1 amide bonds. The molecule has 0 saturated heterocycles. The third-order valence-corrected chi connectivity index (χ3v) is 3.01. The second kappa shape index (κ2) is 6.92. The van der Waals surface area contributed by atoms with E-state index in [1.54, 1.807) is 13.8 Å². The molecule has 0 saturated carbocycles. The topological polar surface area (TPSA) is 66.4 Å². The van der Waals surface area contributed by atoms with Crippen molar-refractivity contribution in [1.29, 1.82) is 0 Å². The van der Waals surface area contributed by atoms with Gasteiger partial charge < -0.3 is 10.4 Å². The second-order valence-corrected chi connectivity index (χ2v) is 5.11. The zero-order chi connectivity index (χ0) is 14.4. The van der Waals surface area contributed by atoms with Crippen LogP contribution in [0.1, 0.15) is 31.4 Å². The average molecular weight is 263 g/mol. The first-order chi connectivity index (χ1) is 8.90. The molecule has 0 spiro atoms. The number of nitrogens with one attached hydrogen (secondary N) is 1. The van der Waals surface area contributed by atoms with Crippen molar-refractivity contribution in [2.45, 2.75) is 39.7 Å². The molecule has 1 aromatic rings. The Hall–Kier alpha value is -1.84. The number of aliphatic carboxylic acids is 1. The van der Waals surface area contributed by atoms with E-state index >= 15 is 0 Å². The summed E-state index contributed by atoms with van der Waals surface area (Å²) < 4.78 is 0. The Kier molecular flexibility index (Phi) is 5.55. The maximum Gasteiger partial charge on any atom is 0.326 e. The Morgan fingerprint density at radius 2 is 1.79 bits per heavy atom. The molecule has 0 aliphatic heterocycles. The van der Waals surface area contributed by atoms with Gasteiger partial charge in [-0.1, -0.05) is 43.7 Å². The molecule has 4 nitrogen and oxygen atoms in total. The predicted molar refractivity (Wildman–Crippen MR) is 73.9 cm³/mol. The lowest BCUT2D eigenvalue weighted by Crippen LogP contribution is -2.44. The number of amides is 1. The molecule has 4 heteroatoms. The summed E-state index contributed by atoms with van der Waals surface area (Å²) in [6.45, 7) is 5.56. The van der Waals surface area contributed by atoms with Crippen LogP contribution in [-0.4, -0.2) is 23.0 Å². The molecule has 0 heterocycles. The number of hydrogen-bond donors (Lipinski definition) is 2. The van der Waals surface area contributed by atoms with Gasteiger partial charge in [0, 0.05) is 6.42 Å². The van der Waals surface area contributed by atoms with E-state index in [0.29, 0.717) is 12.8 Å². The van der Waals surface area contributed by atoms with Crippen LogP contribution in [0.5, 0.6) is 0 Å². The molecule has 104 valence electrons. The first-order valence-electron chi connectivity index (χ1n) is 6.48. The average Bonchev–Trinajstić information content (AvgIpc) is 2.34. The molecule has 0 fully saturated rings. The highest BCUT2D eigenvalue weighted by Crippen LogP contribution is 2.07. The van der Waals surface area contributed by atoms with Crippen LogP contribution in [0.15, 0.2) is 24.3 Å². The van der Waals surface area contributed by atoms with E-state index in [1.807, 2.05) is 31.2 Å². The fraction of sp³-hybridized carbons (Fsp3) is 0.467. The third-order valence-electron chi connectivity index (χ3n) is 3.01. The van der Waals surface area contributed by atoms with Gasteiger partial charge in [0.1, 0.15) is 6.04 Å². The first-order valence-corrected chi connectivity index (χ1v) is 6.48. The highest BCUT2D eigenvalue weighted by molar-refractivity contribution is 5.83. The van der Waals surface area contributed by atoms with Crippen LogP contribution in [0.25, 0.3) is 0 Å². The molecule has 0 aliphatic rings. The first kappa shape index (κ1) is 15.2. The summed E-state index contributed by atoms with van der Waals surface area (Å²) in [4.78, 5) is 22.7. The van der Waals surface area contributed by atoms with Crippen LogP contribution < -0.4 is 5.32 Å². The minimum Gasteiger partial charge on any atom is -0.480 e. The fourth-order valence-corrected chi connectivity index (χ4v) is 1.77. The van der Waals surface area contributed by atoms with Gasteiger partial charge in [0.05, 0.1) is 0 Å². The summed E-state index contributed by atoms with van der Waals surface area (Å²) >= 11 is 0. The molecule has 0 radical (unpaired) electrons. The van der Waals surface area contributed by atoms with Crippen molar-refractivity contribution in [2.24, 2.45) is 5.92 Å². The highest BCUT2D eigenvalue weighted by atomic mass is 16.4. The van der Waals surface area contributed by atoms with Gasteiger partial charge in [0.2, 0.25) is 5.91 Å². The van der Waals surface area contributed by atoms with Gasteiger partial charge in [-0.25, -0.2) is 4.79 Å². The van der Waals surface area contributed by atoms with Crippen molar-refractivity contribution in [3.63, 3.8) is 0 Å². The zero-order valence-corrected chi connectivity index (χ0v) is 11.6. The number of aryl methyl sites for hydroxylation is 2. The number of benzene rings is 1. The normalized spacial score (nSPS) is 12.2. The van der Waals surface area contributed by atoms with Crippen LogP contribution in [-0.2, 0) is 16.0 Å². The molecule has 0 bridgehead atoms. The lowest BCUT2D eigenvalue weighted by atomic mass is 10.0. The van der Waals surface area contributed by atoms with Gasteiger partial charge in [-0.05, 0) is 24.8 Å². The number of carboxylic acid groups (broad SMARTS) is 1. The summed E-state index contributed by atoms with van der Waals surface area (Å²) in [5, 5.41) is 11.6. The molecule has 0 unspecified atom stereocenters. The van der Waals surface area contributed by atoms with Crippen molar-refractivity contribution >= 4 is 11.9 Å². The highest BCUT2D eigenvalue weighted by Gasteiger charge is 2.22. The maximum absolute atomic E-state index is 11.7. The molecule has 2 N–H and O–H groups in total. The Morgan fingerprint density at radius 3 is 2.26 bits per heavy atom. The lowest BCUT2D eigenvalue weighted by Gasteiger charge is -2.17. The summed E-state index contributed by atoms with van der Waals surface area (Å²) in [6.07, 6.45) is 0.927. The van der Waals surface area contributed by atoms with Crippen molar-refractivity contribution < 1.29 is 14.7 Å². The van der Waals surface area contributed by atoms with Gasteiger partial charge in [0.15, 0.2) is 0 Å². The van der Waals surface area contributed by atoms with E-state index in [4.69, 9.17) is 5.11 Å². The SMILES string of the molecule is Cc1ccc(CCC(=O)N[C@@H](C(=O)O)C(C)C)cc1. The van der Waals surface area contributed by atoms with Gasteiger partial charge in [-0.3, -0.25) is 4.79 Å². The lowest BCUT2D eigenvalue weighted by molar-refractivity contribution is -0.143. The number of hydrogen-bond acceptors (Lipinski definition) is 2. The number of carbonyl (C=O) groups is 2. The van der Waals surface area contributed by atoms with Gasteiger partial charge in [-0.15, -0.1) is 0 Å².